The molecule has 0 radical (unpaired) electrons. The molecule has 0 amide bonds. The zero-order valence-corrected chi connectivity index (χ0v) is 10.7. The molecule has 5 heteroatoms. The number of nitrogens with zero attached hydrogens (tertiary/aromatic N) is 1. The first-order valence-electron chi connectivity index (χ1n) is 5.93. The number of rotatable bonds is 3. The van der Waals surface area contributed by atoms with Crippen LogP contribution in [0.15, 0.2) is 30.3 Å². The van der Waals surface area contributed by atoms with Crippen molar-refractivity contribution in [2.75, 3.05) is 5.32 Å². The maximum atomic E-state index is 13.6. The van der Waals surface area contributed by atoms with Crippen molar-refractivity contribution in [1.29, 1.82) is 5.26 Å². The molecule has 0 bridgehead atoms. The Morgan fingerprint density at radius 1 is 1.20 bits per heavy atom. The van der Waals surface area contributed by atoms with Crippen LogP contribution < -0.4 is 5.32 Å². The molecule has 0 atom stereocenters. The number of nitrogens with one attached hydrogen (secondary N) is 1. The number of phenolic OH excluding ortho intramolecular Hbond substituents is 1. The highest BCUT2D eigenvalue weighted by Crippen LogP contribution is 2.22. The first-order chi connectivity index (χ1) is 9.51. The lowest BCUT2D eigenvalue weighted by Gasteiger charge is -2.11. The van der Waals surface area contributed by atoms with Gasteiger partial charge in [0.2, 0.25) is 0 Å². The molecule has 0 saturated heterocycles. The second-order valence-corrected chi connectivity index (χ2v) is 4.38. The van der Waals surface area contributed by atoms with Crippen LogP contribution in [0.3, 0.4) is 0 Å². The summed E-state index contributed by atoms with van der Waals surface area (Å²) in [6.45, 7) is 1.85. The minimum Gasteiger partial charge on any atom is -0.505 e. The third kappa shape index (κ3) is 2.86. The highest BCUT2D eigenvalue weighted by Gasteiger charge is 2.08. The Morgan fingerprint density at radius 2 is 1.95 bits per heavy atom. The number of hydrogen-bond donors (Lipinski definition) is 2. The average molecular weight is 274 g/mol. The first-order valence-corrected chi connectivity index (χ1v) is 5.93. The van der Waals surface area contributed by atoms with Gasteiger partial charge in [-0.05, 0) is 36.8 Å². The van der Waals surface area contributed by atoms with Crippen LogP contribution in [0.2, 0.25) is 0 Å². The SMILES string of the molecule is Cc1c(F)cc(C#N)cc1NCc1ccc(O)c(F)c1. The van der Waals surface area contributed by atoms with Crippen molar-refractivity contribution in [2.24, 2.45) is 0 Å². The molecule has 0 heterocycles. The van der Waals surface area contributed by atoms with Gasteiger partial charge in [0.25, 0.3) is 0 Å². The lowest BCUT2D eigenvalue weighted by molar-refractivity contribution is 0.432. The van der Waals surface area contributed by atoms with Crippen LogP contribution in [0, 0.1) is 29.9 Å². The summed E-state index contributed by atoms with van der Waals surface area (Å²) in [6, 6.07) is 8.59. The highest BCUT2D eigenvalue weighted by atomic mass is 19.1. The Hall–Kier alpha value is -2.61. The molecule has 0 fully saturated rings. The average Bonchev–Trinajstić information content (AvgIpc) is 2.44. The Balaban J connectivity index is 2.20. The van der Waals surface area contributed by atoms with Gasteiger partial charge < -0.3 is 10.4 Å². The van der Waals surface area contributed by atoms with Gasteiger partial charge in [-0.1, -0.05) is 6.07 Å². The number of anilines is 1. The van der Waals surface area contributed by atoms with Crippen LogP contribution in [0.25, 0.3) is 0 Å². The molecule has 0 aliphatic carbocycles. The Morgan fingerprint density at radius 3 is 2.60 bits per heavy atom. The van der Waals surface area contributed by atoms with Crippen molar-refractivity contribution in [3.63, 3.8) is 0 Å². The molecule has 0 spiro atoms. The monoisotopic (exact) mass is 274 g/mol. The molecule has 0 aromatic heterocycles. The predicted octanol–water partition coefficient (Wildman–Crippen LogP) is 3.46. The predicted molar refractivity (Wildman–Crippen MR) is 71.2 cm³/mol. The van der Waals surface area contributed by atoms with E-state index in [1.54, 1.807) is 13.0 Å². The quantitative estimate of drug-likeness (QED) is 0.901. The summed E-state index contributed by atoms with van der Waals surface area (Å²) in [5.74, 6) is -1.59. The van der Waals surface area contributed by atoms with E-state index in [1.807, 2.05) is 6.07 Å². The third-order valence-corrected chi connectivity index (χ3v) is 2.97. The number of aromatic hydroxyl groups is 1. The van der Waals surface area contributed by atoms with Gasteiger partial charge in [0.15, 0.2) is 11.6 Å². The summed E-state index contributed by atoms with van der Waals surface area (Å²) in [5, 5.41) is 20.9. The molecule has 0 saturated carbocycles. The minimum absolute atomic E-state index is 0.215. The molecule has 3 nitrogen and oxygen atoms in total. The van der Waals surface area contributed by atoms with Gasteiger partial charge in [0, 0.05) is 17.8 Å². The smallest absolute Gasteiger partial charge is 0.165 e. The number of halogens is 2. The molecule has 102 valence electrons. The van der Waals surface area contributed by atoms with E-state index in [2.05, 4.69) is 5.32 Å². The molecule has 2 aromatic carbocycles. The second-order valence-electron chi connectivity index (χ2n) is 4.38. The summed E-state index contributed by atoms with van der Waals surface area (Å²) in [7, 11) is 0. The number of benzene rings is 2. The normalized spacial score (nSPS) is 10.1. The lowest BCUT2D eigenvalue weighted by atomic mass is 10.1. The van der Waals surface area contributed by atoms with Gasteiger partial charge in [0.1, 0.15) is 5.82 Å². The summed E-state index contributed by atoms with van der Waals surface area (Å²) in [5.41, 5.74) is 1.69. The molecule has 0 aliphatic rings. The van der Waals surface area contributed by atoms with Gasteiger partial charge in [-0.2, -0.15) is 5.26 Å². The largest absolute Gasteiger partial charge is 0.505 e. The van der Waals surface area contributed by atoms with Gasteiger partial charge in [-0.25, -0.2) is 8.78 Å². The van der Waals surface area contributed by atoms with Crippen LogP contribution in [-0.4, -0.2) is 5.11 Å². The summed E-state index contributed by atoms with van der Waals surface area (Å²) >= 11 is 0. The molecule has 20 heavy (non-hydrogen) atoms. The molecule has 2 rings (SSSR count). The Kier molecular flexibility index (Phi) is 3.85. The topological polar surface area (TPSA) is 56.0 Å². The van der Waals surface area contributed by atoms with Crippen molar-refractivity contribution in [1.82, 2.24) is 0 Å². The Labute approximate surface area is 115 Å². The fourth-order valence-electron chi connectivity index (χ4n) is 1.78. The van der Waals surface area contributed by atoms with E-state index >= 15 is 0 Å². The third-order valence-electron chi connectivity index (χ3n) is 2.97. The van der Waals surface area contributed by atoms with Gasteiger partial charge in [-0.15, -0.1) is 0 Å². The van der Waals surface area contributed by atoms with Crippen molar-refractivity contribution in [3.8, 4) is 11.8 Å². The lowest BCUT2D eigenvalue weighted by Crippen LogP contribution is -2.03. The van der Waals surface area contributed by atoms with E-state index in [0.29, 0.717) is 16.8 Å². The van der Waals surface area contributed by atoms with E-state index in [1.165, 1.54) is 24.3 Å². The molecule has 2 N–H and O–H groups in total. The fraction of sp³-hybridized carbons (Fsp3) is 0.133. The van der Waals surface area contributed by atoms with Gasteiger partial charge in [0.05, 0.1) is 11.6 Å². The van der Waals surface area contributed by atoms with E-state index in [0.717, 1.165) is 0 Å². The van der Waals surface area contributed by atoms with Gasteiger partial charge in [-0.3, -0.25) is 0 Å². The van der Waals surface area contributed by atoms with Crippen LogP contribution in [0.5, 0.6) is 5.75 Å². The van der Waals surface area contributed by atoms with E-state index in [-0.39, 0.29) is 12.1 Å². The van der Waals surface area contributed by atoms with Crippen molar-refractivity contribution < 1.29 is 13.9 Å². The van der Waals surface area contributed by atoms with Crippen LogP contribution in [0.4, 0.5) is 14.5 Å². The molecular weight excluding hydrogens is 262 g/mol. The maximum Gasteiger partial charge on any atom is 0.165 e. The molecule has 0 aliphatic heterocycles. The number of nitriles is 1. The van der Waals surface area contributed by atoms with Crippen LogP contribution in [-0.2, 0) is 6.54 Å². The summed E-state index contributed by atoms with van der Waals surface area (Å²) in [4.78, 5) is 0. The van der Waals surface area contributed by atoms with E-state index < -0.39 is 17.4 Å². The standard InChI is InChI=1S/C15H12F2N2O/c1-9-12(16)5-11(7-18)6-14(9)19-8-10-2-3-15(20)13(17)4-10/h2-6,19-20H,8H2,1H3. The Bertz CT molecular complexity index is 693. The fourth-order valence-corrected chi connectivity index (χ4v) is 1.78. The maximum absolute atomic E-state index is 13.6. The minimum atomic E-state index is -0.710. The number of phenols is 1. The molecular formula is C15H12F2N2O. The summed E-state index contributed by atoms with van der Waals surface area (Å²) < 4.78 is 26.8. The van der Waals surface area contributed by atoms with Crippen molar-refractivity contribution in [2.45, 2.75) is 13.5 Å². The first kappa shape index (κ1) is 13.8. The molecule has 2 aromatic rings. The van der Waals surface area contributed by atoms with Crippen LogP contribution >= 0.6 is 0 Å². The zero-order valence-electron chi connectivity index (χ0n) is 10.7. The molecule has 0 unspecified atom stereocenters. The van der Waals surface area contributed by atoms with Crippen molar-refractivity contribution in [3.05, 3.63) is 58.7 Å². The highest BCUT2D eigenvalue weighted by molar-refractivity contribution is 5.56. The van der Waals surface area contributed by atoms with E-state index in [9.17, 15) is 8.78 Å². The van der Waals surface area contributed by atoms with Gasteiger partial charge >= 0.3 is 0 Å². The number of hydrogen-bond acceptors (Lipinski definition) is 3. The van der Waals surface area contributed by atoms with Crippen molar-refractivity contribution >= 4 is 5.69 Å². The second kappa shape index (κ2) is 5.57. The summed E-state index contributed by atoms with van der Waals surface area (Å²) in [6.07, 6.45) is 0. The zero-order chi connectivity index (χ0) is 14.7. The van der Waals surface area contributed by atoms with E-state index in [4.69, 9.17) is 10.4 Å². The van der Waals surface area contributed by atoms with Crippen LogP contribution in [0.1, 0.15) is 16.7 Å².